The molecule has 0 rings (SSSR count). The molecule has 0 amide bonds. The molecular formula is CH3N2PS2. The number of hydrogen-bond donors (Lipinski definition) is 2. The van der Waals surface area contributed by atoms with Crippen molar-refractivity contribution < 1.29 is 0 Å². The summed E-state index contributed by atoms with van der Waals surface area (Å²) in [5, 5.41) is 2.76. The van der Waals surface area contributed by atoms with Crippen molar-refractivity contribution in [3.05, 3.63) is 0 Å². The summed E-state index contributed by atoms with van der Waals surface area (Å²) < 4.78 is 0. The fraction of sp³-hybridized carbons (Fsp3) is 0. The Kier molecular flexibility index (Phi) is 3.52. The van der Waals surface area contributed by atoms with Crippen molar-refractivity contribution in [2.75, 3.05) is 0 Å². The molecule has 0 aromatic heterocycles. The van der Waals surface area contributed by atoms with Gasteiger partial charge >= 0.3 is 0 Å². The maximum absolute atomic E-state index is 4.95. The predicted molar refractivity (Wildman–Crippen MR) is 34.2 cm³/mol. The van der Waals surface area contributed by atoms with Gasteiger partial charge in [0.05, 0.1) is 7.51 Å². The lowest BCUT2D eigenvalue weighted by atomic mass is 11.3. The molecular weight excluding hydrogens is 135 g/mol. The van der Waals surface area contributed by atoms with Gasteiger partial charge in [-0.3, -0.25) is 0 Å². The second-order valence-corrected chi connectivity index (χ2v) is 1.96. The van der Waals surface area contributed by atoms with Crippen molar-refractivity contribution in [1.29, 1.82) is 0 Å². The molecule has 0 atom stereocenters. The molecule has 0 aliphatic rings. The first-order valence-corrected chi connectivity index (χ1v) is 3.47. The van der Waals surface area contributed by atoms with E-state index in [4.69, 9.17) is 5.73 Å². The van der Waals surface area contributed by atoms with Gasteiger partial charge in [0, 0.05) is 0 Å². The van der Waals surface area contributed by atoms with Crippen LogP contribution in [0.5, 0.6) is 0 Å². The fourth-order valence-corrected chi connectivity index (χ4v) is 0.740. The third-order valence-electron chi connectivity index (χ3n) is 0.156. The lowest BCUT2D eigenvalue weighted by Crippen LogP contribution is -2.19. The van der Waals surface area contributed by atoms with E-state index in [1.807, 2.05) is 0 Å². The predicted octanol–water partition coefficient (Wildman–Crippen LogP) is 0.143. The number of hydrogen-bond acceptors (Lipinski definition) is 2. The molecule has 0 saturated carbocycles. The summed E-state index contributed by atoms with van der Waals surface area (Å²) in [6, 6.07) is 0. The van der Waals surface area contributed by atoms with Gasteiger partial charge in [0.1, 0.15) is 0 Å². The Morgan fingerprint density at radius 3 is 2.33 bits per heavy atom. The van der Waals surface area contributed by atoms with E-state index in [-0.39, 0.29) is 5.11 Å². The zero-order valence-corrected chi connectivity index (χ0v) is 5.37. The first kappa shape index (κ1) is 6.21. The molecule has 0 bridgehead atoms. The minimum absolute atomic E-state index is 0.256. The van der Waals surface area contributed by atoms with E-state index < -0.39 is 0 Å². The van der Waals surface area contributed by atoms with Crippen LogP contribution in [0.4, 0.5) is 0 Å². The SMILES string of the molecule is NC(=S)NP=S. The second-order valence-electron chi connectivity index (χ2n) is 0.567. The molecule has 0 aromatic carbocycles. The Morgan fingerprint density at radius 2 is 2.33 bits per heavy atom. The molecule has 0 aliphatic heterocycles. The average molecular weight is 138 g/mol. The first-order chi connectivity index (χ1) is 2.77. The highest BCUT2D eigenvalue weighted by Gasteiger charge is 1.72. The third-order valence-corrected chi connectivity index (χ3v) is 1.02. The van der Waals surface area contributed by atoms with E-state index in [0.29, 0.717) is 7.51 Å². The van der Waals surface area contributed by atoms with Crippen molar-refractivity contribution in [1.82, 2.24) is 5.09 Å². The molecule has 0 radical (unpaired) electrons. The summed E-state index contributed by atoms with van der Waals surface area (Å²) in [6.07, 6.45) is 0. The average Bonchev–Trinajstić information content (AvgIpc) is 1.35. The van der Waals surface area contributed by atoms with Crippen LogP contribution in [-0.4, -0.2) is 5.11 Å². The minimum atomic E-state index is 0.256. The number of thiocarbonyl (C=S) groups is 1. The highest BCUT2D eigenvalue weighted by molar-refractivity contribution is 7.96. The molecule has 6 heavy (non-hydrogen) atoms. The summed E-state index contributed by atoms with van der Waals surface area (Å²) in [6.45, 7) is 0. The van der Waals surface area contributed by atoms with E-state index in [0.717, 1.165) is 0 Å². The van der Waals surface area contributed by atoms with Gasteiger partial charge in [0.15, 0.2) is 5.11 Å². The lowest BCUT2D eigenvalue weighted by molar-refractivity contribution is 1.51. The first-order valence-electron chi connectivity index (χ1n) is 1.15. The largest absolute Gasteiger partial charge is 0.376 e. The number of rotatable bonds is 1. The summed E-state index contributed by atoms with van der Waals surface area (Å²) in [5.41, 5.74) is 4.95. The molecule has 0 unspecified atom stereocenters. The van der Waals surface area contributed by atoms with Crippen molar-refractivity contribution in [2.24, 2.45) is 5.73 Å². The molecule has 0 saturated heterocycles. The standard InChI is InChI=1S/CH3N2PS2/c2-1(5)3-4-6/h(H3,2,3,5,6). The maximum Gasteiger partial charge on any atom is 0.171 e. The summed E-state index contributed by atoms with van der Waals surface area (Å²) in [7, 11) is 0.591. The molecule has 5 heteroatoms. The zero-order valence-electron chi connectivity index (χ0n) is 2.84. The van der Waals surface area contributed by atoms with Crippen LogP contribution in [0.15, 0.2) is 0 Å². The molecule has 0 spiro atoms. The quantitative estimate of drug-likeness (QED) is 0.399. The van der Waals surface area contributed by atoms with Crippen LogP contribution in [0.3, 0.4) is 0 Å². The van der Waals surface area contributed by atoms with E-state index in [2.05, 4.69) is 29.1 Å². The zero-order chi connectivity index (χ0) is 4.99. The van der Waals surface area contributed by atoms with E-state index in [1.165, 1.54) is 0 Å². The maximum atomic E-state index is 4.95. The van der Waals surface area contributed by atoms with Crippen molar-refractivity contribution in [3.63, 3.8) is 0 Å². The number of nitrogens with two attached hydrogens (primary N) is 1. The van der Waals surface area contributed by atoms with Gasteiger partial charge < -0.3 is 10.8 Å². The van der Waals surface area contributed by atoms with Gasteiger partial charge in [-0.05, 0) is 24.0 Å². The van der Waals surface area contributed by atoms with Crippen LogP contribution in [0.25, 0.3) is 0 Å². The van der Waals surface area contributed by atoms with E-state index in [1.54, 1.807) is 0 Å². The van der Waals surface area contributed by atoms with Crippen molar-refractivity contribution in [2.45, 2.75) is 0 Å². The van der Waals surface area contributed by atoms with Crippen LogP contribution >= 0.6 is 19.7 Å². The second kappa shape index (κ2) is 3.40. The summed E-state index contributed by atoms with van der Waals surface area (Å²) in [4.78, 5) is 0. The molecule has 0 aliphatic carbocycles. The molecule has 3 N–H and O–H groups in total. The normalized spacial score (nSPS) is 8.00. The number of nitrogens with one attached hydrogen (secondary N) is 1. The smallest absolute Gasteiger partial charge is 0.171 e. The summed E-state index contributed by atoms with van der Waals surface area (Å²) >= 11 is 8.81. The fourth-order valence-electron chi connectivity index (χ4n) is 0.0450. The van der Waals surface area contributed by atoms with Gasteiger partial charge in [-0.25, -0.2) is 0 Å². The van der Waals surface area contributed by atoms with Crippen LogP contribution in [-0.2, 0) is 11.8 Å². The van der Waals surface area contributed by atoms with Crippen LogP contribution in [0.1, 0.15) is 0 Å². The van der Waals surface area contributed by atoms with E-state index >= 15 is 0 Å². The third kappa shape index (κ3) is 4.21. The molecule has 0 fully saturated rings. The van der Waals surface area contributed by atoms with Crippen LogP contribution in [0.2, 0.25) is 0 Å². The van der Waals surface area contributed by atoms with Gasteiger partial charge in [-0.2, -0.15) is 0 Å². The van der Waals surface area contributed by atoms with E-state index in [9.17, 15) is 0 Å². The Morgan fingerprint density at radius 1 is 1.83 bits per heavy atom. The monoisotopic (exact) mass is 138 g/mol. The van der Waals surface area contributed by atoms with Crippen LogP contribution in [0, 0.1) is 0 Å². The molecule has 0 heterocycles. The highest BCUT2D eigenvalue weighted by atomic mass is 32.4. The van der Waals surface area contributed by atoms with Crippen LogP contribution < -0.4 is 10.8 Å². The van der Waals surface area contributed by atoms with Gasteiger partial charge in [0.2, 0.25) is 0 Å². The molecule has 0 aromatic rings. The topological polar surface area (TPSA) is 38.0 Å². The lowest BCUT2D eigenvalue weighted by Gasteiger charge is -1.85. The Labute approximate surface area is 48.0 Å². The van der Waals surface area contributed by atoms with Crippen molar-refractivity contribution >= 4 is 36.6 Å². The van der Waals surface area contributed by atoms with Gasteiger partial charge in [0.25, 0.3) is 0 Å². The Hall–Kier alpha value is 0.210. The van der Waals surface area contributed by atoms with Gasteiger partial charge in [-0.15, -0.1) is 0 Å². The minimum Gasteiger partial charge on any atom is -0.376 e. The van der Waals surface area contributed by atoms with Gasteiger partial charge in [-0.1, -0.05) is 0 Å². The van der Waals surface area contributed by atoms with Crippen molar-refractivity contribution in [3.8, 4) is 0 Å². The molecule has 34 valence electrons. The molecule has 2 nitrogen and oxygen atoms in total. The highest BCUT2D eigenvalue weighted by Crippen LogP contribution is 1.76. The Balaban J connectivity index is 3.05. The summed E-state index contributed by atoms with van der Waals surface area (Å²) in [5.74, 6) is 0. The Bertz CT molecular complexity index is 71.9.